The quantitative estimate of drug-likeness (QED) is 0.260. The second-order valence-corrected chi connectivity index (χ2v) is 14.2. The lowest BCUT2D eigenvalue weighted by molar-refractivity contribution is -0.136. The van der Waals surface area contributed by atoms with Crippen molar-refractivity contribution in [3.8, 4) is 11.8 Å². The minimum atomic E-state index is -0.987. The molecular formula is C39H40ClN7O6. The van der Waals surface area contributed by atoms with Crippen molar-refractivity contribution in [1.82, 2.24) is 20.4 Å². The van der Waals surface area contributed by atoms with Crippen LogP contribution in [0.4, 0.5) is 11.4 Å². The van der Waals surface area contributed by atoms with Gasteiger partial charge in [0.15, 0.2) is 0 Å². The lowest BCUT2D eigenvalue weighted by Crippen LogP contribution is -2.54. The molecule has 1 aliphatic carbocycles. The number of benzene rings is 3. The number of rotatable bonds is 10. The molecule has 2 saturated heterocycles. The summed E-state index contributed by atoms with van der Waals surface area (Å²) in [7, 11) is 0. The molecule has 0 aromatic heterocycles. The fourth-order valence-corrected chi connectivity index (χ4v) is 7.65. The molecule has 1 unspecified atom stereocenters. The average Bonchev–Trinajstić information content (AvgIpc) is 3.41. The van der Waals surface area contributed by atoms with E-state index in [1.165, 1.54) is 0 Å². The summed E-state index contributed by atoms with van der Waals surface area (Å²) in [5, 5.41) is 18.2. The molecule has 7 rings (SSSR count). The first-order valence-electron chi connectivity index (χ1n) is 18.0. The van der Waals surface area contributed by atoms with Gasteiger partial charge in [0.1, 0.15) is 17.9 Å². The number of hydrogen-bond acceptors (Lipinski definition) is 10. The lowest BCUT2D eigenvalue weighted by Gasteiger charge is -2.36. The van der Waals surface area contributed by atoms with E-state index in [9.17, 15) is 24.0 Å². The van der Waals surface area contributed by atoms with Gasteiger partial charge in [-0.2, -0.15) is 5.26 Å². The Labute approximate surface area is 312 Å². The molecule has 0 radical (unpaired) electrons. The third kappa shape index (κ3) is 7.99. The highest BCUT2D eigenvalue weighted by Gasteiger charge is 2.44. The summed E-state index contributed by atoms with van der Waals surface area (Å²) in [6.45, 7) is 4.85. The number of carbonyl (C=O) groups excluding carboxylic acids is 5. The fourth-order valence-electron chi connectivity index (χ4n) is 7.44. The normalized spacial score (nSPS) is 21.8. The standard InChI is InChI=1S/C39H40ClN7O6/c40-33-22-30(9-3-25(33)23-41)53-29-10-4-26(5-11-29)43-36(49)24-1-7-28(8-2-24)46-19-17-45(18-20-46)16-15-42-27-6-12-31-32(21-27)39(52)47(38(31)51)34-13-14-35(48)44-37(34)50/h1-3,6-9,12,21-22,26,29,34,42H,4-5,10-11,13-20H2,(H,43,49)(H,44,48,50)/t26-,29-,34?. The van der Waals surface area contributed by atoms with Crippen molar-refractivity contribution < 1.29 is 28.7 Å². The second kappa shape index (κ2) is 15.7. The van der Waals surface area contributed by atoms with Gasteiger partial charge >= 0.3 is 0 Å². The Morgan fingerprint density at radius 2 is 1.62 bits per heavy atom. The first kappa shape index (κ1) is 35.9. The molecule has 0 spiro atoms. The number of imide groups is 2. The largest absolute Gasteiger partial charge is 0.490 e. The van der Waals surface area contributed by atoms with E-state index in [1.807, 2.05) is 24.3 Å². The van der Waals surface area contributed by atoms with Gasteiger partial charge in [-0.25, -0.2) is 0 Å². The van der Waals surface area contributed by atoms with Crippen LogP contribution in [0.1, 0.15) is 75.2 Å². The number of fused-ring (bicyclic) bond motifs is 1. The van der Waals surface area contributed by atoms with Gasteiger partial charge in [0, 0.05) is 74.7 Å². The van der Waals surface area contributed by atoms with Crippen molar-refractivity contribution in [2.45, 2.75) is 56.7 Å². The van der Waals surface area contributed by atoms with Crippen LogP contribution in [0.15, 0.2) is 60.7 Å². The monoisotopic (exact) mass is 737 g/mol. The van der Waals surface area contributed by atoms with E-state index in [0.29, 0.717) is 34.1 Å². The first-order chi connectivity index (χ1) is 25.7. The molecule has 5 amide bonds. The average molecular weight is 738 g/mol. The van der Waals surface area contributed by atoms with Crippen molar-refractivity contribution in [3.05, 3.63) is 87.9 Å². The molecule has 14 heteroatoms. The minimum Gasteiger partial charge on any atom is -0.490 e. The summed E-state index contributed by atoms with van der Waals surface area (Å²) in [4.78, 5) is 68.6. The van der Waals surface area contributed by atoms with Crippen molar-refractivity contribution in [2.24, 2.45) is 0 Å². The number of piperazine rings is 1. The number of amides is 5. The highest BCUT2D eigenvalue weighted by atomic mass is 35.5. The summed E-state index contributed by atoms with van der Waals surface area (Å²) in [5.74, 6) is -1.50. The molecule has 1 atom stereocenters. The number of nitrogens with one attached hydrogen (secondary N) is 3. The zero-order valence-corrected chi connectivity index (χ0v) is 29.9. The van der Waals surface area contributed by atoms with Crippen LogP contribution in [0.3, 0.4) is 0 Å². The SMILES string of the molecule is N#Cc1ccc(O[C@H]2CC[C@H](NC(=O)c3ccc(N4CCN(CCNc5ccc6c(c5)C(=O)N(C5CCC(=O)NC5=O)C6=O)CC4)cc3)CC2)cc1Cl. The van der Waals surface area contributed by atoms with Crippen LogP contribution in [0.25, 0.3) is 0 Å². The van der Waals surface area contributed by atoms with E-state index >= 15 is 0 Å². The molecule has 53 heavy (non-hydrogen) atoms. The van der Waals surface area contributed by atoms with Gasteiger partial charge in [-0.05, 0) is 86.7 Å². The Balaban J connectivity index is 0.822. The van der Waals surface area contributed by atoms with E-state index < -0.39 is 29.7 Å². The molecule has 13 nitrogen and oxygen atoms in total. The Hall–Kier alpha value is -5.45. The number of nitrogens with zero attached hydrogens (tertiary/aromatic N) is 4. The third-order valence-corrected chi connectivity index (χ3v) is 10.7. The summed E-state index contributed by atoms with van der Waals surface area (Å²) in [5.41, 5.74) is 3.34. The van der Waals surface area contributed by atoms with Crippen molar-refractivity contribution >= 4 is 52.5 Å². The van der Waals surface area contributed by atoms with E-state index in [0.717, 1.165) is 69.0 Å². The van der Waals surface area contributed by atoms with E-state index in [4.69, 9.17) is 21.6 Å². The summed E-state index contributed by atoms with van der Waals surface area (Å²) in [6.07, 6.45) is 3.50. The number of halogens is 1. The van der Waals surface area contributed by atoms with Crippen molar-refractivity contribution in [2.75, 3.05) is 49.5 Å². The van der Waals surface area contributed by atoms with Crippen molar-refractivity contribution in [3.63, 3.8) is 0 Å². The molecule has 0 bridgehead atoms. The van der Waals surface area contributed by atoms with Crippen LogP contribution >= 0.6 is 11.6 Å². The maximum Gasteiger partial charge on any atom is 0.262 e. The Bertz CT molecular complexity index is 1970. The van der Waals surface area contributed by atoms with Gasteiger partial charge in [0.2, 0.25) is 11.8 Å². The van der Waals surface area contributed by atoms with Crippen LogP contribution < -0.4 is 25.6 Å². The van der Waals surface area contributed by atoms with Gasteiger partial charge in [-0.1, -0.05) is 11.6 Å². The van der Waals surface area contributed by atoms with Gasteiger partial charge in [0.05, 0.1) is 27.8 Å². The van der Waals surface area contributed by atoms with Crippen molar-refractivity contribution in [1.29, 1.82) is 5.26 Å². The van der Waals surface area contributed by atoms with E-state index in [1.54, 1.807) is 36.4 Å². The van der Waals surface area contributed by atoms with Crippen LogP contribution in [0.5, 0.6) is 5.75 Å². The summed E-state index contributed by atoms with van der Waals surface area (Å²) in [6, 6.07) is 19.0. The molecule has 3 aliphatic heterocycles. The maximum absolute atomic E-state index is 13.1. The van der Waals surface area contributed by atoms with Gasteiger partial charge in [0.25, 0.3) is 17.7 Å². The maximum atomic E-state index is 13.1. The Morgan fingerprint density at radius 1 is 0.887 bits per heavy atom. The third-order valence-electron chi connectivity index (χ3n) is 10.4. The molecule has 3 fully saturated rings. The number of anilines is 2. The van der Waals surface area contributed by atoms with Gasteiger partial charge in [-0.15, -0.1) is 0 Å². The number of carbonyl (C=O) groups is 5. The van der Waals surface area contributed by atoms with Gasteiger partial charge < -0.3 is 20.3 Å². The highest BCUT2D eigenvalue weighted by Crippen LogP contribution is 2.30. The van der Waals surface area contributed by atoms with E-state index in [-0.39, 0.29) is 42.0 Å². The predicted molar refractivity (Wildman–Crippen MR) is 197 cm³/mol. The topological polar surface area (TPSA) is 164 Å². The predicted octanol–water partition coefficient (Wildman–Crippen LogP) is 3.97. The van der Waals surface area contributed by atoms with Crippen LogP contribution in [-0.4, -0.2) is 96.8 Å². The molecule has 3 aromatic rings. The molecule has 1 saturated carbocycles. The Morgan fingerprint density at radius 3 is 2.32 bits per heavy atom. The summed E-state index contributed by atoms with van der Waals surface area (Å²) >= 11 is 6.14. The summed E-state index contributed by atoms with van der Waals surface area (Å²) < 4.78 is 6.08. The molecule has 3 N–H and O–H groups in total. The number of ether oxygens (including phenoxy) is 1. The number of nitriles is 1. The van der Waals surface area contributed by atoms with E-state index in [2.05, 4.69) is 31.8 Å². The smallest absolute Gasteiger partial charge is 0.262 e. The molecular weight excluding hydrogens is 698 g/mol. The number of hydrogen-bond donors (Lipinski definition) is 3. The number of piperidine rings is 1. The zero-order valence-electron chi connectivity index (χ0n) is 29.1. The lowest BCUT2D eigenvalue weighted by atomic mass is 9.92. The molecule has 3 heterocycles. The molecule has 3 aromatic carbocycles. The first-order valence-corrected chi connectivity index (χ1v) is 18.4. The Kier molecular flexibility index (Phi) is 10.6. The van der Waals surface area contributed by atoms with Gasteiger partial charge in [-0.3, -0.25) is 39.1 Å². The highest BCUT2D eigenvalue weighted by molar-refractivity contribution is 6.31. The molecule has 4 aliphatic rings. The minimum absolute atomic E-state index is 0.0366. The van der Waals surface area contributed by atoms with Crippen LogP contribution in [0.2, 0.25) is 5.02 Å². The zero-order chi connectivity index (χ0) is 37.1. The fraction of sp³-hybridized carbons (Fsp3) is 0.385. The molecule has 274 valence electrons. The second-order valence-electron chi connectivity index (χ2n) is 13.8. The van der Waals surface area contributed by atoms with Crippen LogP contribution in [0, 0.1) is 11.3 Å². The van der Waals surface area contributed by atoms with Crippen LogP contribution in [-0.2, 0) is 9.59 Å².